The van der Waals surface area contributed by atoms with Crippen LogP contribution in [0.5, 0.6) is 17.2 Å². The number of ether oxygens (including phenoxy) is 3. The van der Waals surface area contributed by atoms with Crippen molar-refractivity contribution in [3.63, 3.8) is 0 Å². The van der Waals surface area contributed by atoms with Crippen molar-refractivity contribution in [3.05, 3.63) is 51.7 Å². The predicted molar refractivity (Wildman–Crippen MR) is 98.2 cm³/mol. The average molecular weight is 356 g/mol. The van der Waals surface area contributed by atoms with Crippen LogP contribution < -0.4 is 19.6 Å². The van der Waals surface area contributed by atoms with Gasteiger partial charge in [-0.2, -0.15) is 0 Å². The second kappa shape index (κ2) is 7.09. The number of fused-ring (bicyclic) bond motifs is 1. The van der Waals surface area contributed by atoms with E-state index in [2.05, 4.69) is 0 Å². The molecule has 6 heteroatoms. The summed E-state index contributed by atoms with van der Waals surface area (Å²) in [6.45, 7) is 1.44. The Kier molecular flexibility index (Phi) is 4.86. The lowest BCUT2D eigenvalue weighted by Gasteiger charge is -2.17. The smallest absolute Gasteiger partial charge is 0.197 e. The summed E-state index contributed by atoms with van der Waals surface area (Å²) in [7, 11) is 4.56. The van der Waals surface area contributed by atoms with Crippen molar-refractivity contribution in [2.24, 2.45) is 0 Å². The van der Waals surface area contributed by atoms with Crippen LogP contribution in [0.15, 0.2) is 39.5 Å². The third-order valence-electron chi connectivity index (χ3n) is 4.34. The molecule has 1 N–H and O–H groups in total. The lowest BCUT2D eigenvalue weighted by Crippen LogP contribution is -2.08. The fourth-order valence-corrected chi connectivity index (χ4v) is 3.11. The van der Waals surface area contributed by atoms with E-state index < -0.39 is 0 Å². The van der Waals surface area contributed by atoms with Gasteiger partial charge in [-0.15, -0.1) is 0 Å². The molecule has 1 heterocycles. The van der Waals surface area contributed by atoms with Gasteiger partial charge in [-0.3, -0.25) is 4.79 Å². The standard InChI is InChI=1S/C20H20O6/c1-11-18(24-3)14(10-21)20-17(19(11)25-4)15(22)9-16(26-20)12-5-7-13(23-2)8-6-12/h5-9,21H,10H2,1-4H3. The van der Waals surface area contributed by atoms with Gasteiger partial charge in [0.2, 0.25) is 0 Å². The first-order valence-corrected chi connectivity index (χ1v) is 8.02. The van der Waals surface area contributed by atoms with Crippen molar-refractivity contribution in [1.29, 1.82) is 0 Å². The van der Waals surface area contributed by atoms with Gasteiger partial charge in [0.05, 0.1) is 33.5 Å². The molecule has 0 fully saturated rings. The minimum Gasteiger partial charge on any atom is -0.497 e. The Balaban J connectivity index is 2.36. The van der Waals surface area contributed by atoms with Crippen molar-refractivity contribution < 1.29 is 23.7 Å². The quantitative estimate of drug-likeness (QED) is 0.756. The van der Waals surface area contributed by atoms with E-state index in [0.29, 0.717) is 39.7 Å². The molecule has 136 valence electrons. The zero-order valence-electron chi connectivity index (χ0n) is 15.1. The fraction of sp³-hybridized carbons (Fsp3) is 0.250. The van der Waals surface area contributed by atoms with E-state index in [9.17, 15) is 9.90 Å². The van der Waals surface area contributed by atoms with Crippen LogP contribution >= 0.6 is 0 Å². The van der Waals surface area contributed by atoms with E-state index in [0.717, 1.165) is 0 Å². The highest BCUT2D eigenvalue weighted by Crippen LogP contribution is 2.40. The summed E-state index contributed by atoms with van der Waals surface area (Å²) in [5, 5.41) is 10.1. The van der Waals surface area contributed by atoms with Gasteiger partial charge in [0.1, 0.15) is 28.4 Å². The van der Waals surface area contributed by atoms with E-state index >= 15 is 0 Å². The first-order chi connectivity index (χ1) is 12.5. The van der Waals surface area contributed by atoms with Gasteiger partial charge in [0.15, 0.2) is 11.0 Å². The lowest BCUT2D eigenvalue weighted by molar-refractivity contribution is 0.272. The number of benzene rings is 2. The number of aliphatic hydroxyl groups is 1. The van der Waals surface area contributed by atoms with Crippen LogP contribution in [0.2, 0.25) is 0 Å². The molecule has 3 aromatic rings. The van der Waals surface area contributed by atoms with Crippen molar-refractivity contribution in [1.82, 2.24) is 0 Å². The van der Waals surface area contributed by atoms with Gasteiger partial charge in [0, 0.05) is 17.2 Å². The molecule has 1 aromatic heterocycles. The maximum atomic E-state index is 12.8. The minimum absolute atomic E-state index is 0.255. The monoisotopic (exact) mass is 356 g/mol. The van der Waals surface area contributed by atoms with Gasteiger partial charge in [-0.1, -0.05) is 0 Å². The minimum atomic E-state index is -0.334. The third-order valence-corrected chi connectivity index (χ3v) is 4.34. The molecule has 0 spiro atoms. The Bertz CT molecular complexity index is 1000. The van der Waals surface area contributed by atoms with Crippen LogP contribution in [0, 0.1) is 6.92 Å². The molecule has 0 atom stereocenters. The Morgan fingerprint density at radius 3 is 2.19 bits per heavy atom. The van der Waals surface area contributed by atoms with Gasteiger partial charge >= 0.3 is 0 Å². The zero-order chi connectivity index (χ0) is 18.8. The highest BCUT2D eigenvalue weighted by Gasteiger charge is 2.22. The molecule has 0 saturated carbocycles. The molecule has 0 aliphatic rings. The summed E-state index contributed by atoms with van der Waals surface area (Å²) in [4.78, 5) is 12.8. The first-order valence-electron chi connectivity index (χ1n) is 8.02. The second-order valence-electron chi connectivity index (χ2n) is 5.74. The van der Waals surface area contributed by atoms with Crippen LogP contribution in [0.1, 0.15) is 11.1 Å². The fourth-order valence-electron chi connectivity index (χ4n) is 3.11. The van der Waals surface area contributed by atoms with Gasteiger partial charge in [-0.25, -0.2) is 0 Å². The van der Waals surface area contributed by atoms with Crippen molar-refractivity contribution in [2.45, 2.75) is 13.5 Å². The molecule has 2 aromatic carbocycles. The molecule has 0 amide bonds. The summed E-state index contributed by atoms with van der Waals surface area (Å²) in [6, 6.07) is 8.57. The van der Waals surface area contributed by atoms with Crippen LogP contribution in [0.4, 0.5) is 0 Å². The van der Waals surface area contributed by atoms with Gasteiger partial charge in [-0.05, 0) is 31.2 Å². The van der Waals surface area contributed by atoms with Crippen LogP contribution in [-0.2, 0) is 6.61 Å². The van der Waals surface area contributed by atoms with Gasteiger partial charge in [0.25, 0.3) is 0 Å². The Labute approximate surface area is 150 Å². The second-order valence-corrected chi connectivity index (χ2v) is 5.74. The molecule has 3 rings (SSSR count). The summed E-state index contributed by atoms with van der Waals surface area (Å²) in [5.41, 5.74) is 1.76. The van der Waals surface area contributed by atoms with Crippen LogP contribution in [-0.4, -0.2) is 26.4 Å². The molecule has 0 aliphatic heterocycles. The van der Waals surface area contributed by atoms with Crippen molar-refractivity contribution >= 4 is 11.0 Å². The molecule has 26 heavy (non-hydrogen) atoms. The summed E-state index contributed by atoms with van der Waals surface area (Å²) < 4.78 is 22.0. The third kappa shape index (κ3) is 2.78. The molecule has 0 bridgehead atoms. The SMILES string of the molecule is COc1ccc(-c2cc(=O)c3c(OC)c(C)c(OC)c(CO)c3o2)cc1. The van der Waals surface area contributed by atoms with Crippen LogP contribution in [0.3, 0.4) is 0 Å². The maximum absolute atomic E-state index is 12.8. The number of methoxy groups -OCH3 is 3. The van der Waals surface area contributed by atoms with Gasteiger partial charge < -0.3 is 23.7 Å². The molecule has 0 unspecified atom stereocenters. The Morgan fingerprint density at radius 2 is 1.65 bits per heavy atom. The molecule has 6 nitrogen and oxygen atoms in total. The van der Waals surface area contributed by atoms with Crippen molar-refractivity contribution in [3.8, 4) is 28.6 Å². The Morgan fingerprint density at radius 1 is 1.00 bits per heavy atom. The first kappa shape index (κ1) is 17.8. The highest BCUT2D eigenvalue weighted by molar-refractivity contribution is 5.91. The number of aliphatic hydroxyl groups excluding tert-OH is 1. The van der Waals surface area contributed by atoms with E-state index in [4.69, 9.17) is 18.6 Å². The molecule has 0 saturated heterocycles. The lowest BCUT2D eigenvalue weighted by atomic mass is 10.0. The van der Waals surface area contributed by atoms with E-state index in [1.165, 1.54) is 20.3 Å². The number of rotatable bonds is 5. The van der Waals surface area contributed by atoms with Crippen molar-refractivity contribution in [2.75, 3.05) is 21.3 Å². The number of hydrogen-bond donors (Lipinski definition) is 1. The topological polar surface area (TPSA) is 78.1 Å². The van der Waals surface area contributed by atoms with Crippen LogP contribution in [0.25, 0.3) is 22.3 Å². The predicted octanol–water partition coefficient (Wildman–Crippen LogP) is 3.29. The number of hydrogen-bond acceptors (Lipinski definition) is 6. The van der Waals surface area contributed by atoms with E-state index in [-0.39, 0.29) is 23.0 Å². The molecule has 0 aliphatic carbocycles. The summed E-state index contributed by atoms with van der Waals surface area (Å²) >= 11 is 0. The molecular formula is C20H20O6. The summed E-state index contributed by atoms with van der Waals surface area (Å²) in [6.07, 6.45) is 0. The average Bonchev–Trinajstić information content (AvgIpc) is 2.67. The summed E-state index contributed by atoms with van der Waals surface area (Å²) in [5.74, 6) is 1.90. The maximum Gasteiger partial charge on any atom is 0.197 e. The van der Waals surface area contributed by atoms with E-state index in [1.54, 1.807) is 38.3 Å². The molecular weight excluding hydrogens is 336 g/mol. The normalized spacial score (nSPS) is 10.8. The molecule has 0 radical (unpaired) electrons. The highest BCUT2D eigenvalue weighted by atomic mass is 16.5. The zero-order valence-corrected chi connectivity index (χ0v) is 15.1. The Hall–Kier alpha value is -2.99. The largest absolute Gasteiger partial charge is 0.497 e. The van der Waals surface area contributed by atoms with E-state index in [1.807, 2.05) is 0 Å².